The van der Waals surface area contributed by atoms with E-state index in [0.717, 1.165) is 0 Å². The molecule has 0 aliphatic carbocycles. The molecule has 0 amide bonds. The molecular formula is C9H10Cl2O2. The first kappa shape index (κ1) is 12.3. The second kappa shape index (κ2) is 5.10. The number of carboxylic acid groups (broad SMARTS) is 1. The lowest BCUT2D eigenvalue weighted by molar-refractivity contribution is -0.136. The Hall–Kier alpha value is -0.730. The van der Waals surface area contributed by atoms with Crippen LogP contribution in [0.1, 0.15) is 13.0 Å². The Morgan fingerprint density at radius 3 is 2.15 bits per heavy atom. The molecule has 1 rings (SSSR count). The van der Waals surface area contributed by atoms with Gasteiger partial charge in [-0.3, -0.25) is 4.79 Å². The highest BCUT2D eigenvalue weighted by Crippen LogP contribution is 2.24. The van der Waals surface area contributed by atoms with Crippen LogP contribution < -0.4 is 0 Å². The molecule has 0 saturated carbocycles. The summed E-state index contributed by atoms with van der Waals surface area (Å²) in [4.78, 5) is 10.4. The van der Waals surface area contributed by atoms with Gasteiger partial charge in [-0.25, -0.2) is 0 Å². The number of aliphatic carboxylic acids is 1. The number of rotatable bonds is 2. The Labute approximate surface area is 87.1 Å². The second-order valence-corrected chi connectivity index (χ2v) is 3.09. The fourth-order valence-corrected chi connectivity index (χ4v) is 1.38. The van der Waals surface area contributed by atoms with E-state index in [1.165, 1.54) is 0 Å². The van der Waals surface area contributed by atoms with Crippen molar-refractivity contribution in [3.8, 4) is 0 Å². The smallest absolute Gasteiger partial charge is 0.307 e. The van der Waals surface area contributed by atoms with Crippen LogP contribution in [0.5, 0.6) is 0 Å². The van der Waals surface area contributed by atoms with Crippen molar-refractivity contribution in [2.45, 2.75) is 13.8 Å². The number of benzene rings is 1. The van der Waals surface area contributed by atoms with E-state index in [4.69, 9.17) is 28.3 Å². The molecule has 0 spiro atoms. The Morgan fingerprint density at radius 1 is 1.31 bits per heavy atom. The summed E-state index contributed by atoms with van der Waals surface area (Å²) in [7, 11) is 0. The van der Waals surface area contributed by atoms with E-state index in [1.54, 1.807) is 18.2 Å². The summed E-state index contributed by atoms with van der Waals surface area (Å²) in [6, 6.07) is 4.91. The van der Waals surface area contributed by atoms with Gasteiger partial charge in [0.1, 0.15) is 0 Å². The number of halogens is 2. The monoisotopic (exact) mass is 220 g/mol. The minimum Gasteiger partial charge on any atom is -0.481 e. The molecule has 13 heavy (non-hydrogen) atoms. The third-order valence-corrected chi connectivity index (χ3v) is 2.10. The predicted octanol–water partition coefficient (Wildman–Crippen LogP) is 3.26. The van der Waals surface area contributed by atoms with E-state index in [2.05, 4.69) is 0 Å². The van der Waals surface area contributed by atoms with Crippen LogP contribution in [0.3, 0.4) is 0 Å². The largest absolute Gasteiger partial charge is 0.481 e. The topological polar surface area (TPSA) is 37.3 Å². The van der Waals surface area contributed by atoms with Crippen molar-refractivity contribution in [3.05, 3.63) is 33.8 Å². The van der Waals surface area contributed by atoms with Crippen molar-refractivity contribution in [1.82, 2.24) is 0 Å². The highest BCUT2D eigenvalue weighted by atomic mass is 35.5. The molecule has 1 N–H and O–H groups in total. The van der Waals surface area contributed by atoms with Gasteiger partial charge < -0.3 is 5.11 Å². The van der Waals surface area contributed by atoms with E-state index in [9.17, 15) is 4.79 Å². The molecule has 0 heterocycles. The molecule has 0 saturated heterocycles. The normalized spacial score (nSPS) is 9.08. The summed E-state index contributed by atoms with van der Waals surface area (Å²) in [5.41, 5.74) is 0.466. The maximum Gasteiger partial charge on any atom is 0.307 e. The van der Waals surface area contributed by atoms with Crippen LogP contribution in [0, 0.1) is 0 Å². The lowest BCUT2D eigenvalue weighted by Crippen LogP contribution is -2.01. The zero-order valence-electron chi connectivity index (χ0n) is 6.05. The van der Waals surface area contributed by atoms with Crippen molar-refractivity contribution < 1.29 is 9.90 Å². The molecule has 0 radical (unpaired) electrons. The van der Waals surface area contributed by atoms with Crippen molar-refractivity contribution in [3.63, 3.8) is 0 Å². The Morgan fingerprint density at radius 2 is 1.77 bits per heavy atom. The molecule has 1 aromatic carbocycles. The molecule has 0 atom stereocenters. The molecule has 4 heteroatoms. The van der Waals surface area contributed by atoms with Gasteiger partial charge in [0.2, 0.25) is 0 Å². The summed E-state index contributed by atoms with van der Waals surface area (Å²) in [6.07, 6.45) is -0.140. The average molecular weight is 221 g/mol. The fraction of sp³-hybridized carbons (Fsp3) is 0.222. The maximum absolute atomic E-state index is 10.4. The minimum atomic E-state index is -0.940. The predicted molar refractivity (Wildman–Crippen MR) is 54.5 cm³/mol. The van der Waals surface area contributed by atoms with Gasteiger partial charge in [-0.15, -0.1) is 0 Å². The van der Waals surface area contributed by atoms with Crippen LogP contribution >= 0.6 is 23.2 Å². The molecule has 72 valence electrons. The molecule has 2 nitrogen and oxygen atoms in total. The number of carboxylic acids is 1. The van der Waals surface area contributed by atoms with E-state index < -0.39 is 5.97 Å². The van der Waals surface area contributed by atoms with Crippen LogP contribution in [0.2, 0.25) is 10.0 Å². The lowest BCUT2D eigenvalue weighted by atomic mass is 10.1. The molecular weight excluding hydrogens is 211 g/mol. The Balaban J connectivity index is 0.00000144. The summed E-state index contributed by atoms with van der Waals surface area (Å²) in [5, 5.41) is 9.29. The third kappa shape index (κ3) is 3.25. The van der Waals surface area contributed by atoms with Gasteiger partial charge in [0.15, 0.2) is 0 Å². The van der Waals surface area contributed by atoms with Crippen LogP contribution in [-0.2, 0) is 11.2 Å². The zero-order chi connectivity index (χ0) is 9.14. The van der Waals surface area contributed by atoms with Crippen molar-refractivity contribution in [1.29, 1.82) is 0 Å². The Kier molecular flexibility index (Phi) is 4.81. The fourth-order valence-electron chi connectivity index (χ4n) is 0.852. The lowest BCUT2D eigenvalue weighted by Gasteiger charge is -2.02. The van der Waals surface area contributed by atoms with Crippen LogP contribution in [-0.4, -0.2) is 11.1 Å². The summed E-state index contributed by atoms with van der Waals surface area (Å²) in [6.45, 7) is 0. The number of carbonyl (C=O) groups is 1. The standard InChI is InChI=1S/C8H6Cl2O2.CH4/c9-6-2-1-3-7(10)5(6)4-8(11)12;/h1-3H,4H2,(H,11,12);1H4. The van der Waals surface area contributed by atoms with Crippen LogP contribution in [0.4, 0.5) is 0 Å². The summed E-state index contributed by atoms with van der Waals surface area (Å²) in [5.74, 6) is -0.940. The maximum atomic E-state index is 10.4. The van der Waals surface area contributed by atoms with Gasteiger partial charge in [0.05, 0.1) is 6.42 Å². The molecule has 0 bridgehead atoms. The van der Waals surface area contributed by atoms with E-state index in [-0.39, 0.29) is 13.8 Å². The minimum absolute atomic E-state index is 0. The highest BCUT2D eigenvalue weighted by Gasteiger charge is 2.08. The van der Waals surface area contributed by atoms with Gasteiger partial charge >= 0.3 is 5.97 Å². The van der Waals surface area contributed by atoms with Crippen molar-refractivity contribution in [2.24, 2.45) is 0 Å². The first-order valence-electron chi connectivity index (χ1n) is 3.26. The number of hydrogen-bond donors (Lipinski definition) is 1. The van der Waals surface area contributed by atoms with Gasteiger partial charge in [-0.1, -0.05) is 36.7 Å². The summed E-state index contributed by atoms with van der Waals surface area (Å²) >= 11 is 11.5. The SMILES string of the molecule is C.O=C(O)Cc1c(Cl)cccc1Cl. The molecule has 0 aliphatic heterocycles. The molecule has 0 fully saturated rings. The number of hydrogen-bond acceptors (Lipinski definition) is 1. The average Bonchev–Trinajstić information content (AvgIpc) is 1.97. The molecule has 0 aromatic heterocycles. The van der Waals surface area contributed by atoms with E-state index >= 15 is 0 Å². The Bertz CT molecular complexity index is 290. The van der Waals surface area contributed by atoms with Crippen LogP contribution in [0.15, 0.2) is 18.2 Å². The third-order valence-electron chi connectivity index (χ3n) is 1.39. The van der Waals surface area contributed by atoms with Crippen LogP contribution in [0.25, 0.3) is 0 Å². The molecule has 1 aromatic rings. The van der Waals surface area contributed by atoms with Gasteiger partial charge in [-0.05, 0) is 12.1 Å². The first-order chi connectivity index (χ1) is 5.61. The molecule has 0 aliphatic rings. The van der Waals surface area contributed by atoms with Crippen molar-refractivity contribution >= 4 is 29.2 Å². The van der Waals surface area contributed by atoms with E-state index in [0.29, 0.717) is 15.6 Å². The van der Waals surface area contributed by atoms with Gasteiger partial charge in [0, 0.05) is 15.6 Å². The highest BCUT2D eigenvalue weighted by molar-refractivity contribution is 6.36. The second-order valence-electron chi connectivity index (χ2n) is 2.27. The zero-order valence-corrected chi connectivity index (χ0v) is 7.56. The van der Waals surface area contributed by atoms with Crippen molar-refractivity contribution in [2.75, 3.05) is 0 Å². The molecule has 0 unspecified atom stereocenters. The quantitative estimate of drug-likeness (QED) is 0.832. The summed E-state index contributed by atoms with van der Waals surface area (Å²) < 4.78 is 0. The van der Waals surface area contributed by atoms with E-state index in [1.807, 2.05) is 0 Å². The van der Waals surface area contributed by atoms with Gasteiger partial charge in [-0.2, -0.15) is 0 Å². The first-order valence-corrected chi connectivity index (χ1v) is 4.01. The van der Waals surface area contributed by atoms with Gasteiger partial charge in [0.25, 0.3) is 0 Å².